The molecule has 0 aromatic heterocycles. The van der Waals surface area contributed by atoms with Crippen LogP contribution in [0, 0.1) is 6.92 Å². The van der Waals surface area contributed by atoms with Crippen molar-refractivity contribution in [3.05, 3.63) is 59.7 Å². The van der Waals surface area contributed by atoms with E-state index in [2.05, 4.69) is 0 Å². The first kappa shape index (κ1) is 14.9. The first-order chi connectivity index (χ1) is 9.47. The molecule has 0 unspecified atom stereocenters. The van der Waals surface area contributed by atoms with Crippen LogP contribution < -0.4 is 4.74 Å². The molecule has 0 heterocycles. The normalized spacial score (nSPS) is 11.3. The number of hydrogen-bond donors (Lipinski definition) is 0. The van der Waals surface area contributed by atoms with Crippen LogP contribution in [0.4, 0.5) is 0 Å². The third kappa shape index (κ3) is 3.99. The van der Waals surface area contributed by atoms with Crippen LogP contribution in [0.3, 0.4) is 0 Å². The minimum Gasteiger partial charge on any atom is -0.493 e. The van der Waals surface area contributed by atoms with Crippen LogP contribution >= 0.6 is 10.7 Å². The summed E-state index contributed by atoms with van der Waals surface area (Å²) >= 11 is 0. The van der Waals surface area contributed by atoms with Gasteiger partial charge in [-0.25, -0.2) is 8.42 Å². The quantitative estimate of drug-likeness (QED) is 0.793. The van der Waals surface area contributed by atoms with Crippen LogP contribution in [-0.2, 0) is 15.5 Å². The zero-order chi connectivity index (χ0) is 14.6. The summed E-state index contributed by atoms with van der Waals surface area (Å²) in [5.41, 5.74) is 1.78. The molecule has 2 rings (SSSR count). The number of ether oxygens (including phenoxy) is 1. The summed E-state index contributed by atoms with van der Waals surface area (Å²) in [5.74, 6) is 0.641. The molecular weight excluding hydrogens is 296 g/mol. The van der Waals surface area contributed by atoms with Crippen LogP contribution in [0.5, 0.6) is 5.75 Å². The predicted molar refractivity (Wildman–Crippen MR) is 79.9 cm³/mol. The van der Waals surface area contributed by atoms with Crippen molar-refractivity contribution in [3.8, 4) is 5.75 Å². The maximum atomic E-state index is 11.3. The number of aryl methyl sites for hydroxylation is 1. The van der Waals surface area contributed by atoms with Gasteiger partial charge in [0.25, 0.3) is 9.05 Å². The van der Waals surface area contributed by atoms with Gasteiger partial charge in [0.05, 0.1) is 11.5 Å². The van der Waals surface area contributed by atoms with Crippen molar-refractivity contribution in [2.45, 2.75) is 18.2 Å². The van der Waals surface area contributed by atoms with Gasteiger partial charge in [-0.15, -0.1) is 0 Å². The Labute approximate surface area is 123 Å². The Morgan fingerprint density at radius 3 is 2.40 bits per heavy atom. The second-order valence-electron chi connectivity index (χ2n) is 4.45. The Bertz CT molecular complexity index is 682. The Morgan fingerprint density at radius 2 is 1.80 bits per heavy atom. The summed E-state index contributed by atoms with van der Waals surface area (Å²) in [5, 5.41) is 0. The van der Waals surface area contributed by atoms with Crippen LogP contribution in [-0.4, -0.2) is 15.0 Å². The zero-order valence-electron chi connectivity index (χ0n) is 11.0. The van der Waals surface area contributed by atoms with Gasteiger partial charge in [0.15, 0.2) is 0 Å². The van der Waals surface area contributed by atoms with Gasteiger partial charge in [-0.2, -0.15) is 0 Å². The second-order valence-corrected chi connectivity index (χ2v) is 6.98. The molecule has 5 heteroatoms. The minimum atomic E-state index is -3.70. The maximum Gasteiger partial charge on any atom is 0.261 e. The maximum absolute atomic E-state index is 11.3. The molecule has 2 aromatic carbocycles. The van der Waals surface area contributed by atoms with E-state index in [-0.39, 0.29) is 4.90 Å². The van der Waals surface area contributed by atoms with E-state index < -0.39 is 9.05 Å². The summed E-state index contributed by atoms with van der Waals surface area (Å²) in [4.78, 5) is 0.120. The van der Waals surface area contributed by atoms with Gasteiger partial charge in [-0.05, 0) is 36.2 Å². The van der Waals surface area contributed by atoms with Crippen LogP contribution in [0.1, 0.15) is 11.1 Å². The molecule has 0 spiro atoms. The largest absolute Gasteiger partial charge is 0.493 e. The lowest BCUT2D eigenvalue weighted by molar-refractivity contribution is 0.321. The molecule has 3 nitrogen and oxygen atoms in total. The van der Waals surface area contributed by atoms with Gasteiger partial charge >= 0.3 is 0 Å². The predicted octanol–water partition coefficient (Wildman–Crippen LogP) is 3.54. The summed E-state index contributed by atoms with van der Waals surface area (Å²) < 4.78 is 28.2. The van der Waals surface area contributed by atoms with Gasteiger partial charge < -0.3 is 4.74 Å². The Balaban J connectivity index is 1.99. The Hall–Kier alpha value is -1.52. The zero-order valence-corrected chi connectivity index (χ0v) is 12.6. The Morgan fingerprint density at radius 1 is 1.10 bits per heavy atom. The first-order valence-electron chi connectivity index (χ1n) is 6.19. The summed E-state index contributed by atoms with van der Waals surface area (Å²) in [6, 6.07) is 14.8. The summed E-state index contributed by atoms with van der Waals surface area (Å²) in [7, 11) is 1.63. The number of rotatable bonds is 5. The van der Waals surface area contributed by atoms with Gasteiger partial charge in [-0.3, -0.25) is 0 Å². The average molecular weight is 311 g/mol. The highest BCUT2D eigenvalue weighted by Crippen LogP contribution is 2.24. The highest BCUT2D eigenvalue weighted by Gasteiger charge is 2.13. The van der Waals surface area contributed by atoms with Crippen LogP contribution in [0.2, 0.25) is 0 Å². The first-order valence-corrected chi connectivity index (χ1v) is 8.50. The van der Waals surface area contributed by atoms with E-state index in [9.17, 15) is 8.42 Å². The molecular formula is C15H15ClO3S. The van der Waals surface area contributed by atoms with Gasteiger partial charge in [0, 0.05) is 17.1 Å². The van der Waals surface area contributed by atoms with Crippen molar-refractivity contribution in [3.63, 3.8) is 0 Å². The molecule has 0 aliphatic heterocycles. The highest BCUT2D eigenvalue weighted by atomic mass is 35.7. The number of hydrogen-bond acceptors (Lipinski definition) is 3. The molecule has 0 saturated heterocycles. The van der Waals surface area contributed by atoms with E-state index in [1.165, 1.54) is 11.6 Å². The van der Waals surface area contributed by atoms with E-state index in [0.717, 1.165) is 6.42 Å². The van der Waals surface area contributed by atoms with Gasteiger partial charge in [0.1, 0.15) is 5.75 Å². The number of benzene rings is 2. The van der Waals surface area contributed by atoms with Crippen molar-refractivity contribution in [2.24, 2.45) is 0 Å². The second kappa shape index (κ2) is 6.29. The summed E-state index contributed by atoms with van der Waals surface area (Å²) in [6.45, 7) is 2.23. The molecule has 0 N–H and O–H groups in total. The van der Waals surface area contributed by atoms with Crippen molar-refractivity contribution < 1.29 is 13.2 Å². The van der Waals surface area contributed by atoms with Crippen LogP contribution in [0.25, 0.3) is 0 Å². The lowest BCUT2D eigenvalue weighted by atomic mass is 10.2. The van der Waals surface area contributed by atoms with Crippen LogP contribution in [0.15, 0.2) is 53.4 Å². The fourth-order valence-electron chi connectivity index (χ4n) is 1.92. The van der Waals surface area contributed by atoms with Crippen molar-refractivity contribution in [1.29, 1.82) is 0 Å². The molecule has 0 fully saturated rings. The molecule has 0 bridgehead atoms. The van der Waals surface area contributed by atoms with Crippen molar-refractivity contribution in [2.75, 3.05) is 6.61 Å². The molecule has 0 atom stereocenters. The molecule has 0 amide bonds. The van der Waals surface area contributed by atoms with Gasteiger partial charge in [0.2, 0.25) is 0 Å². The topological polar surface area (TPSA) is 43.4 Å². The number of halogens is 1. The fraction of sp³-hybridized carbons (Fsp3) is 0.200. The smallest absolute Gasteiger partial charge is 0.261 e. The third-order valence-electron chi connectivity index (χ3n) is 2.91. The van der Waals surface area contributed by atoms with Crippen molar-refractivity contribution >= 4 is 19.7 Å². The standard InChI is InChI=1S/C15H15ClO3S/c1-12-11-14(7-8-15(12)20(16,17)18)19-10-9-13-5-3-2-4-6-13/h2-8,11H,9-10H2,1H3. The van der Waals surface area contributed by atoms with E-state index >= 15 is 0 Å². The molecule has 20 heavy (non-hydrogen) atoms. The van der Waals surface area contributed by atoms with E-state index in [1.54, 1.807) is 19.1 Å². The minimum absolute atomic E-state index is 0.120. The summed E-state index contributed by atoms with van der Waals surface area (Å²) in [6.07, 6.45) is 0.801. The fourth-order valence-corrected chi connectivity index (χ4v) is 3.11. The SMILES string of the molecule is Cc1cc(OCCc2ccccc2)ccc1S(=O)(=O)Cl. The van der Waals surface area contributed by atoms with E-state index in [1.807, 2.05) is 30.3 Å². The molecule has 0 aliphatic rings. The van der Waals surface area contributed by atoms with Gasteiger partial charge in [-0.1, -0.05) is 30.3 Å². The lowest BCUT2D eigenvalue weighted by Gasteiger charge is -2.08. The lowest BCUT2D eigenvalue weighted by Crippen LogP contribution is -2.02. The molecule has 2 aromatic rings. The van der Waals surface area contributed by atoms with Crippen molar-refractivity contribution in [1.82, 2.24) is 0 Å². The molecule has 0 radical (unpaired) electrons. The monoisotopic (exact) mass is 310 g/mol. The Kier molecular flexibility index (Phi) is 4.68. The van der Waals surface area contributed by atoms with E-state index in [4.69, 9.17) is 15.4 Å². The third-order valence-corrected chi connectivity index (χ3v) is 4.39. The molecule has 0 aliphatic carbocycles. The molecule has 106 valence electrons. The van der Waals surface area contributed by atoms with E-state index in [0.29, 0.717) is 17.9 Å². The highest BCUT2D eigenvalue weighted by molar-refractivity contribution is 8.13. The average Bonchev–Trinajstić information content (AvgIpc) is 2.38. The molecule has 0 saturated carbocycles.